The fraction of sp³-hybridized carbons (Fsp3) is 0.600. The van der Waals surface area contributed by atoms with E-state index in [9.17, 15) is 19.2 Å². The number of hydrogen-bond donors (Lipinski definition) is 0. The van der Waals surface area contributed by atoms with Crippen molar-refractivity contribution < 1.29 is 37.7 Å². The SMILES string of the molecule is Cc1cc(=O)c2ccc3c(c2o1)[C@@H](OC(=O)C12CCC(C)(C(=O)O1)C2(C)C)[C@@H](OC(=O)CC(C)C)C(C)(C)O3. The third-order valence-electron chi connectivity index (χ3n) is 9.12. The molecule has 5 rings (SSSR count). The lowest BCUT2D eigenvalue weighted by Gasteiger charge is -2.44. The molecule has 1 aromatic carbocycles. The van der Waals surface area contributed by atoms with Gasteiger partial charge in [-0.05, 0) is 58.6 Å². The molecule has 9 nitrogen and oxygen atoms in total. The van der Waals surface area contributed by atoms with Crippen LogP contribution in [0.5, 0.6) is 5.75 Å². The van der Waals surface area contributed by atoms with Crippen molar-refractivity contribution in [2.75, 3.05) is 0 Å². The number of carbonyl (C=O) groups is 3. The second kappa shape index (κ2) is 8.57. The van der Waals surface area contributed by atoms with E-state index in [1.54, 1.807) is 32.9 Å². The van der Waals surface area contributed by atoms with Gasteiger partial charge in [0.1, 0.15) is 22.7 Å². The van der Waals surface area contributed by atoms with Gasteiger partial charge in [-0.2, -0.15) is 0 Å². The first-order valence-electron chi connectivity index (χ1n) is 13.4. The molecule has 0 N–H and O–H groups in total. The Hall–Kier alpha value is -3.36. The Bertz CT molecular complexity index is 1450. The minimum absolute atomic E-state index is 0.0358. The summed E-state index contributed by atoms with van der Waals surface area (Å²) in [6, 6.07) is 4.61. The molecule has 2 unspecified atom stereocenters. The van der Waals surface area contributed by atoms with Gasteiger partial charge < -0.3 is 23.4 Å². The number of aryl methyl sites for hydroxylation is 1. The summed E-state index contributed by atoms with van der Waals surface area (Å²) in [7, 11) is 0. The van der Waals surface area contributed by atoms with Crippen LogP contribution in [-0.4, -0.2) is 35.2 Å². The van der Waals surface area contributed by atoms with Gasteiger partial charge in [-0.15, -0.1) is 0 Å². The summed E-state index contributed by atoms with van der Waals surface area (Å²) >= 11 is 0. The van der Waals surface area contributed by atoms with E-state index in [1.807, 2.05) is 34.6 Å². The van der Waals surface area contributed by atoms with Crippen LogP contribution in [0.3, 0.4) is 0 Å². The summed E-state index contributed by atoms with van der Waals surface area (Å²) in [6.07, 6.45) is -1.34. The lowest BCUT2D eigenvalue weighted by Crippen LogP contribution is -2.55. The van der Waals surface area contributed by atoms with Gasteiger partial charge in [0.15, 0.2) is 17.6 Å². The maximum Gasteiger partial charge on any atom is 0.351 e. The number of hydrogen-bond acceptors (Lipinski definition) is 9. The summed E-state index contributed by atoms with van der Waals surface area (Å²) in [5.74, 6) is -0.906. The molecule has 1 aliphatic carbocycles. The molecule has 1 saturated carbocycles. The van der Waals surface area contributed by atoms with Crippen LogP contribution in [0.2, 0.25) is 0 Å². The Labute approximate surface area is 227 Å². The van der Waals surface area contributed by atoms with Crippen LogP contribution in [-0.2, 0) is 28.6 Å². The van der Waals surface area contributed by atoms with Crippen LogP contribution in [0, 0.1) is 23.7 Å². The molecule has 2 bridgehead atoms. The highest BCUT2D eigenvalue weighted by Crippen LogP contribution is 2.66. The Balaban J connectivity index is 1.67. The molecular formula is C30H36O9. The highest BCUT2D eigenvalue weighted by Gasteiger charge is 2.76. The van der Waals surface area contributed by atoms with E-state index < -0.39 is 52.1 Å². The van der Waals surface area contributed by atoms with Crippen molar-refractivity contribution in [1.82, 2.24) is 0 Å². The monoisotopic (exact) mass is 540 g/mol. The Kier molecular flexibility index (Phi) is 5.98. The van der Waals surface area contributed by atoms with Crippen molar-refractivity contribution in [2.24, 2.45) is 16.7 Å². The van der Waals surface area contributed by atoms with Crippen LogP contribution in [0.15, 0.2) is 27.4 Å². The first kappa shape index (κ1) is 27.2. The van der Waals surface area contributed by atoms with E-state index in [2.05, 4.69) is 0 Å². The first-order valence-corrected chi connectivity index (χ1v) is 13.4. The van der Waals surface area contributed by atoms with Gasteiger partial charge >= 0.3 is 17.9 Å². The molecule has 9 heteroatoms. The number of fused-ring (bicyclic) bond motifs is 5. The summed E-state index contributed by atoms with van der Waals surface area (Å²) in [6.45, 7) is 14.4. The van der Waals surface area contributed by atoms with Gasteiger partial charge in [0.25, 0.3) is 0 Å². The summed E-state index contributed by atoms with van der Waals surface area (Å²) < 4.78 is 30.3. The molecule has 0 spiro atoms. The van der Waals surface area contributed by atoms with Gasteiger partial charge in [-0.1, -0.05) is 27.7 Å². The smallest absolute Gasteiger partial charge is 0.351 e. The summed E-state index contributed by atoms with van der Waals surface area (Å²) in [5, 5.41) is 0.273. The van der Waals surface area contributed by atoms with E-state index in [1.165, 1.54) is 6.07 Å². The van der Waals surface area contributed by atoms with Crippen molar-refractivity contribution in [2.45, 2.75) is 98.1 Å². The van der Waals surface area contributed by atoms with Crippen LogP contribution in [0.25, 0.3) is 11.0 Å². The average molecular weight is 541 g/mol. The van der Waals surface area contributed by atoms with Crippen molar-refractivity contribution >= 4 is 28.9 Å². The zero-order valence-corrected chi connectivity index (χ0v) is 23.8. The fourth-order valence-corrected chi connectivity index (χ4v) is 6.31. The molecule has 1 saturated heterocycles. The number of carbonyl (C=O) groups excluding carboxylic acids is 3. The number of esters is 3. The van der Waals surface area contributed by atoms with E-state index in [-0.39, 0.29) is 28.7 Å². The molecule has 2 fully saturated rings. The molecular weight excluding hydrogens is 504 g/mol. The van der Waals surface area contributed by atoms with Gasteiger partial charge in [-0.25, -0.2) is 4.79 Å². The molecule has 2 aromatic rings. The normalized spacial score (nSPS) is 30.0. The maximum atomic E-state index is 14.1. The van der Waals surface area contributed by atoms with E-state index in [4.69, 9.17) is 23.4 Å². The lowest BCUT2D eigenvalue weighted by atomic mass is 9.66. The Morgan fingerprint density at radius 2 is 1.72 bits per heavy atom. The lowest BCUT2D eigenvalue weighted by molar-refractivity contribution is -0.207. The molecule has 0 amide bonds. The standard InChI is InChI=1S/C30H36O9/c1-15(2)13-20(32)36-24-23(37-26(34)30-12-11-29(8,25(33)39-30)28(30,6)7)21-19(38-27(24,4)5)10-9-17-18(31)14-16(3)35-22(17)21/h9-10,14-15,23-24H,11-13H2,1-8H3/t23-,24-,29?,30?/m1/s1. The zero-order valence-electron chi connectivity index (χ0n) is 23.8. The van der Waals surface area contributed by atoms with Gasteiger partial charge in [0.05, 0.1) is 16.4 Å². The quantitative estimate of drug-likeness (QED) is 0.384. The molecule has 4 atom stereocenters. The van der Waals surface area contributed by atoms with Crippen LogP contribution in [0.1, 0.15) is 85.2 Å². The topological polar surface area (TPSA) is 118 Å². The molecule has 1 aromatic heterocycles. The molecule has 2 aliphatic heterocycles. The van der Waals surface area contributed by atoms with Gasteiger partial charge in [-0.3, -0.25) is 14.4 Å². The molecule has 3 aliphatic rings. The minimum atomic E-state index is -1.50. The van der Waals surface area contributed by atoms with Crippen LogP contribution < -0.4 is 10.2 Å². The molecule has 3 heterocycles. The largest absolute Gasteiger partial charge is 0.483 e. The fourth-order valence-electron chi connectivity index (χ4n) is 6.31. The number of rotatable bonds is 5. The van der Waals surface area contributed by atoms with E-state index in [0.717, 1.165) is 0 Å². The number of benzene rings is 1. The van der Waals surface area contributed by atoms with E-state index in [0.29, 0.717) is 29.9 Å². The predicted molar refractivity (Wildman–Crippen MR) is 140 cm³/mol. The first-order chi connectivity index (χ1) is 18.0. The second-order valence-corrected chi connectivity index (χ2v) is 12.8. The third-order valence-corrected chi connectivity index (χ3v) is 9.12. The Morgan fingerprint density at radius 1 is 1.03 bits per heavy atom. The second-order valence-electron chi connectivity index (χ2n) is 12.8. The Morgan fingerprint density at radius 3 is 2.31 bits per heavy atom. The highest BCUT2D eigenvalue weighted by atomic mass is 16.6. The minimum Gasteiger partial charge on any atom is -0.483 e. The van der Waals surface area contributed by atoms with Crippen LogP contribution in [0.4, 0.5) is 0 Å². The molecule has 210 valence electrons. The zero-order chi connectivity index (χ0) is 28.7. The van der Waals surface area contributed by atoms with Gasteiger partial charge in [0, 0.05) is 17.9 Å². The van der Waals surface area contributed by atoms with Crippen molar-refractivity contribution in [3.63, 3.8) is 0 Å². The van der Waals surface area contributed by atoms with Crippen molar-refractivity contribution in [3.8, 4) is 5.75 Å². The number of ether oxygens (including phenoxy) is 4. The summed E-state index contributed by atoms with van der Waals surface area (Å²) in [5.41, 5.74) is -4.09. The van der Waals surface area contributed by atoms with E-state index >= 15 is 0 Å². The molecule has 0 radical (unpaired) electrons. The predicted octanol–water partition coefficient (Wildman–Crippen LogP) is 4.94. The van der Waals surface area contributed by atoms with Crippen LogP contribution >= 0.6 is 0 Å². The highest BCUT2D eigenvalue weighted by molar-refractivity contribution is 5.94. The van der Waals surface area contributed by atoms with Crippen molar-refractivity contribution in [1.29, 1.82) is 0 Å². The van der Waals surface area contributed by atoms with Crippen molar-refractivity contribution in [3.05, 3.63) is 39.7 Å². The summed E-state index contributed by atoms with van der Waals surface area (Å²) in [4.78, 5) is 52.8. The molecule has 39 heavy (non-hydrogen) atoms. The third kappa shape index (κ3) is 3.79. The van der Waals surface area contributed by atoms with Gasteiger partial charge in [0.2, 0.25) is 5.60 Å². The maximum absolute atomic E-state index is 14.1. The average Bonchev–Trinajstić information content (AvgIpc) is 3.10.